The topological polar surface area (TPSA) is 42.5 Å². The van der Waals surface area contributed by atoms with E-state index in [1.807, 2.05) is 0 Å². The molecule has 0 radical (unpaired) electrons. The molecule has 0 unspecified atom stereocenters. The highest BCUT2D eigenvalue weighted by Crippen LogP contribution is 2.27. The van der Waals surface area contributed by atoms with Gasteiger partial charge in [-0.2, -0.15) is 0 Å². The SMILES string of the molecule is C1CNC2(C1)COC2.C1CNC2(C1)COC2. The Morgan fingerprint density at radius 2 is 1.12 bits per heavy atom. The van der Waals surface area contributed by atoms with Crippen molar-refractivity contribution in [1.29, 1.82) is 0 Å². The van der Waals surface area contributed by atoms with Gasteiger partial charge in [0.25, 0.3) is 0 Å². The summed E-state index contributed by atoms with van der Waals surface area (Å²) in [5.41, 5.74) is 0.889. The summed E-state index contributed by atoms with van der Waals surface area (Å²) in [6.07, 6.45) is 5.33. The first kappa shape index (κ1) is 11.0. The Bertz CT molecular complexity index is 207. The van der Waals surface area contributed by atoms with E-state index in [0.717, 1.165) is 26.4 Å². The average Bonchev–Trinajstić information content (AvgIpc) is 2.87. The first-order valence-corrected chi connectivity index (χ1v) is 6.48. The van der Waals surface area contributed by atoms with Gasteiger partial charge in [-0.05, 0) is 38.8 Å². The predicted octanol–water partition coefficient (Wildman–Crippen LogP) is 0.278. The molecule has 0 atom stereocenters. The molecule has 0 saturated carbocycles. The fourth-order valence-electron chi connectivity index (χ4n) is 2.93. The van der Waals surface area contributed by atoms with Crippen LogP contribution in [0.25, 0.3) is 0 Å². The second-order valence-corrected chi connectivity index (χ2v) is 5.61. The molecule has 4 heteroatoms. The lowest BCUT2D eigenvalue weighted by atomic mass is 9.96. The Balaban J connectivity index is 0.000000101. The van der Waals surface area contributed by atoms with E-state index in [4.69, 9.17) is 9.47 Å². The molecular weight excluding hydrogens is 204 g/mol. The maximum atomic E-state index is 5.10. The Morgan fingerprint density at radius 1 is 0.688 bits per heavy atom. The van der Waals surface area contributed by atoms with Crippen molar-refractivity contribution < 1.29 is 9.47 Å². The lowest BCUT2D eigenvalue weighted by molar-refractivity contribution is -0.0642. The summed E-state index contributed by atoms with van der Waals surface area (Å²) in [6, 6.07) is 0. The zero-order valence-corrected chi connectivity index (χ0v) is 9.89. The average molecular weight is 226 g/mol. The molecule has 2 spiro atoms. The van der Waals surface area contributed by atoms with E-state index in [0.29, 0.717) is 11.1 Å². The van der Waals surface area contributed by atoms with Crippen LogP contribution < -0.4 is 10.6 Å². The van der Waals surface area contributed by atoms with Crippen molar-refractivity contribution in [3.05, 3.63) is 0 Å². The summed E-state index contributed by atoms with van der Waals surface area (Å²) >= 11 is 0. The summed E-state index contributed by atoms with van der Waals surface area (Å²) in [5.74, 6) is 0. The van der Waals surface area contributed by atoms with Gasteiger partial charge < -0.3 is 20.1 Å². The van der Waals surface area contributed by atoms with Gasteiger partial charge in [0.15, 0.2) is 0 Å². The molecule has 4 fully saturated rings. The quantitative estimate of drug-likeness (QED) is 0.622. The van der Waals surface area contributed by atoms with Crippen LogP contribution in [0.2, 0.25) is 0 Å². The molecule has 4 heterocycles. The second kappa shape index (κ2) is 4.26. The summed E-state index contributed by atoms with van der Waals surface area (Å²) in [6.45, 7) is 6.20. The van der Waals surface area contributed by atoms with Gasteiger partial charge >= 0.3 is 0 Å². The summed E-state index contributed by atoms with van der Waals surface area (Å²) in [7, 11) is 0. The Morgan fingerprint density at radius 3 is 1.25 bits per heavy atom. The van der Waals surface area contributed by atoms with E-state index in [1.165, 1.54) is 38.8 Å². The van der Waals surface area contributed by atoms with Crippen LogP contribution >= 0.6 is 0 Å². The first-order valence-electron chi connectivity index (χ1n) is 6.48. The minimum absolute atomic E-state index is 0.444. The van der Waals surface area contributed by atoms with Gasteiger partial charge in [0.05, 0.1) is 37.5 Å². The van der Waals surface area contributed by atoms with Gasteiger partial charge in [0, 0.05) is 0 Å². The van der Waals surface area contributed by atoms with Crippen LogP contribution in [0.1, 0.15) is 25.7 Å². The lowest BCUT2D eigenvalue weighted by Gasteiger charge is -2.37. The molecule has 4 nitrogen and oxygen atoms in total. The Hall–Kier alpha value is -0.160. The fraction of sp³-hybridized carbons (Fsp3) is 1.00. The lowest BCUT2D eigenvalue weighted by Crippen LogP contribution is -2.56. The van der Waals surface area contributed by atoms with Crippen molar-refractivity contribution in [3.63, 3.8) is 0 Å². The Labute approximate surface area is 97.1 Å². The molecule has 4 saturated heterocycles. The van der Waals surface area contributed by atoms with E-state index < -0.39 is 0 Å². The molecule has 0 amide bonds. The number of nitrogens with one attached hydrogen (secondary N) is 2. The molecule has 4 aliphatic rings. The molecule has 0 bridgehead atoms. The van der Waals surface area contributed by atoms with Crippen molar-refractivity contribution in [2.24, 2.45) is 0 Å². The normalized spacial score (nSPS) is 33.0. The van der Waals surface area contributed by atoms with Crippen LogP contribution in [-0.2, 0) is 9.47 Å². The molecule has 16 heavy (non-hydrogen) atoms. The molecule has 0 aliphatic carbocycles. The number of rotatable bonds is 0. The summed E-state index contributed by atoms with van der Waals surface area (Å²) in [5, 5.41) is 6.89. The molecular formula is C12H22N2O2. The predicted molar refractivity (Wildman–Crippen MR) is 61.6 cm³/mol. The van der Waals surface area contributed by atoms with Crippen LogP contribution in [0.15, 0.2) is 0 Å². The zero-order valence-electron chi connectivity index (χ0n) is 9.89. The monoisotopic (exact) mass is 226 g/mol. The minimum atomic E-state index is 0.444. The fourth-order valence-corrected chi connectivity index (χ4v) is 2.93. The third-order valence-electron chi connectivity index (χ3n) is 4.18. The van der Waals surface area contributed by atoms with Crippen molar-refractivity contribution in [3.8, 4) is 0 Å². The highest BCUT2D eigenvalue weighted by atomic mass is 16.5. The van der Waals surface area contributed by atoms with E-state index in [9.17, 15) is 0 Å². The van der Waals surface area contributed by atoms with Gasteiger partial charge in [0.2, 0.25) is 0 Å². The van der Waals surface area contributed by atoms with Gasteiger partial charge in [-0.25, -0.2) is 0 Å². The van der Waals surface area contributed by atoms with Gasteiger partial charge in [0.1, 0.15) is 0 Å². The van der Waals surface area contributed by atoms with Gasteiger partial charge in [-0.1, -0.05) is 0 Å². The number of hydrogen-bond acceptors (Lipinski definition) is 4. The van der Waals surface area contributed by atoms with Crippen molar-refractivity contribution in [2.75, 3.05) is 39.5 Å². The molecule has 4 rings (SSSR count). The maximum Gasteiger partial charge on any atom is 0.0671 e. The van der Waals surface area contributed by atoms with Crippen molar-refractivity contribution in [2.45, 2.75) is 36.8 Å². The third kappa shape index (κ3) is 1.99. The van der Waals surface area contributed by atoms with E-state index >= 15 is 0 Å². The molecule has 0 aromatic heterocycles. The van der Waals surface area contributed by atoms with Gasteiger partial charge in [-0.3, -0.25) is 0 Å². The maximum absolute atomic E-state index is 5.10. The van der Waals surface area contributed by atoms with Crippen LogP contribution in [0, 0.1) is 0 Å². The van der Waals surface area contributed by atoms with Crippen LogP contribution in [0.3, 0.4) is 0 Å². The minimum Gasteiger partial charge on any atom is -0.377 e. The van der Waals surface area contributed by atoms with Crippen molar-refractivity contribution in [1.82, 2.24) is 10.6 Å². The summed E-state index contributed by atoms with van der Waals surface area (Å²) < 4.78 is 10.2. The van der Waals surface area contributed by atoms with E-state index in [1.54, 1.807) is 0 Å². The summed E-state index contributed by atoms with van der Waals surface area (Å²) in [4.78, 5) is 0. The molecule has 92 valence electrons. The molecule has 4 aliphatic heterocycles. The second-order valence-electron chi connectivity index (χ2n) is 5.61. The van der Waals surface area contributed by atoms with E-state index in [2.05, 4.69) is 10.6 Å². The number of ether oxygens (including phenoxy) is 2. The first-order chi connectivity index (χ1) is 7.83. The smallest absolute Gasteiger partial charge is 0.0671 e. The molecule has 2 N–H and O–H groups in total. The highest BCUT2D eigenvalue weighted by Gasteiger charge is 2.40. The van der Waals surface area contributed by atoms with Crippen LogP contribution in [0.4, 0.5) is 0 Å². The standard InChI is InChI=1S/2C6H11NO/c2*1-2-6(7-3-1)4-8-5-6/h2*7H,1-5H2. The van der Waals surface area contributed by atoms with Gasteiger partial charge in [-0.15, -0.1) is 0 Å². The highest BCUT2D eigenvalue weighted by molar-refractivity contribution is 4.98. The van der Waals surface area contributed by atoms with Crippen LogP contribution in [-0.4, -0.2) is 50.6 Å². The molecule has 0 aromatic rings. The molecule has 0 aromatic carbocycles. The van der Waals surface area contributed by atoms with E-state index in [-0.39, 0.29) is 0 Å². The zero-order chi connectivity index (χ0) is 10.9. The Kier molecular flexibility index (Phi) is 2.92. The largest absolute Gasteiger partial charge is 0.377 e. The van der Waals surface area contributed by atoms with Crippen LogP contribution in [0.5, 0.6) is 0 Å². The van der Waals surface area contributed by atoms with Crippen molar-refractivity contribution >= 4 is 0 Å². The third-order valence-corrected chi connectivity index (χ3v) is 4.18. The number of hydrogen-bond donors (Lipinski definition) is 2.